The first kappa shape index (κ1) is 90.2. The summed E-state index contributed by atoms with van der Waals surface area (Å²) in [6, 6.07) is 46.7. The van der Waals surface area contributed by atoms with Crippen LogP contribution in [0.2, 0.25) is 0 Å². The molecule has 602 valence electrons. The Kier molecular flexibility index (Phi) is 30.7. The van der Waals surface area contributed by atoms with E-state index in [0.717, 1.165) is 51.1 Å². The minimum Gasteiger partial charge on any atom is -0.545 e. The number of halogens is 1. The van der Waals surface area contributed by atoms with E-state index in [2.05, 4.69) is 231 Å². The van der Waals surface area contributed by atoms with E-state index in [1.54, 1.807) is 78.0 Å². The molecule has 0 spiro atoms. The van der Waals surface area contributed by atoms with Gasteiger partial charge in [0.05, 0.1) is 54.8 Å². The van der Waals surface area contributed by atoms with Gasteiger partial charge >= 0.3 is 11.9 Å². The van der Waals surface area contributed by atoms with Crippen LogP contribution in [0.4, 0.5) is 0 Å². The molecule has 0 bridgehead atoms. The molecule has 1 N–H and O–H groups in total. The average molecular weight is 1690 g/mol. The summed E-state index contributed by atoms with van der Waals surface area (Å²) < 4.78 is 9.74. The standard InChI is InChI=1S/C21H21NO2S.C20H18N2S.C20H19NO2S.C19H17NO2S.C13H14S.C7H5ClN2/c1-4-24-20(23)16-7-9-17(22-14-16)8-5-15-6-10-19-18(13-15)21(2,3)11-12-25-19;1-20(2)10-11-23-19-9-6-15(12-18(19)20)4-7-17-8-5-16(13-21)14-22(17)3;1-20(2)10-11-24-18-9-5-14(12-17(18)20)4-7-16-8-6-15(19(22)23)13-21(16)3;1-19(2)9-10-23-17-8-4-13(11-16(17)19)3-6-15-7-5-14(12-20-15)18(21)22;1-4-10-5-6-12-11(9-10)13(2,3)7-8-14-12;1-10-5-6(4-9)2-3-7(10)8/h6-7,9-10,13-14H,4,11-12H2,1-3H3;5-6,8-9,12,14H,3,10-11H2,1-2H3;5-6,8-9,12-13H,10-11H2,1-3H3;4-5,7-8,11-12H,9-10H2,1-2H3,(H,21,22);1,5-6,9H,7-8H2,2-3H3;2-3,5H,1H2. The lowest BCUT2D eigenvalue weighted by Crippen LogP contribution is -2.35. The maximum absolute atomic E-state index is 11.6. The van der Waals surface area contributed by atoms with Crippen molar-refractivity contribution in [2.75, 3.05) is 35.4 Å². The second kappa shape index (κ2) is 40.5. The van der Waals surface area contributed by atoms with E-state index in [9.17, 15) is 19.5 Å². The fraction of sp³-hybridized carbons (Fsp3) is 0.280. The van der Waals surface area contributed by atoms with E-state index >= 15 is 0 Å². The van der Waals surface area contributed by atoms with Crippen LogP contribution < -0.4 is 9.67 Å². The van der Waals surface area contributed by atoms with Gasteiger partial charge in [-0.15, -0.1) is 77.2 Å². The van der Waals surface area contributed by atoms with Gasteiger partial charge in [0.2, 0.25) is 0 Å². The largest absolute Gasteiger partial charge is 0.545 e. The van der Waals surface area contributed by atoms with Crippen molar-refractivity contribution in [3.63, 3.8) is 0 Å². The summed E-state index contributed by atoms with van der Waals surface area (Å²) in [5.74, 6) is 31.1. The number of fused-ring (bicyclic) bond motifs is 5. The number of pyridine rings is 3. The number of hydrogen-bond acceptors (Lipinski definition) is 14. The second-order valence-corrected chi connectivity index (χ2v) is 38.0. The third-order valence-corrected chi connectivity index (χ3v) is 26.6. The Morgan fingerprint density at radius 3 is 1.24 bits per heavy atom. The number of carboxylic acids is 2. The normalized spacial score (nSPS) is 16.2. The number of aromatic carboxylic acids is 2. The van der Waals surface area contributed by atoms with Gasteiger partial charge in [0, 0.05) is 82.3 Å². The van der Waals surface area contributed by atoms with E-state index in [0.29, 0.717) is 40.2 Å². The van der Waals surface area contributed by atoms with Gasteiger partial charge < -0.3 is 19.7 Å². The van der Waals surface area contributed by atoms with Gasteiger partial charge in [-0.05, 0) is 255 Å². The number of allylic oxidation sites excluding steroid dienone is 4. The van der Waals surface area contributed by atoms with Crippen LogP contribution in [-0.4, -0.2) is 90.9 Å². The Balaban J connectivity index is 0.000000153. The summed E-state index contributed by atoms with van der Waals surface area (Å²) in [6.45, 7) is 32.5. The van der Waals surface area contributed by atoms with Crippen molar-refractivity contribution < 1.29 is 43.1 Å². The van der Waals surface area contributed by atoms with Gasteiger partial charge in [-0.25, -0.2) is 19.6 Å². The highest BCUT2D eigenvalue weighted by atomic mass is 35.5. The van der Waals surface area contributed by atoms with E-state index in [4.69, 9.17) is 38.4 Å². The molecule has 0 aliphatic carbocycles. The topological polar surface area (TPSA) is 187 Å². The van der Waals surface area contributed by atoms with Gasteiger partial charge in [-0.2, -0.15) is 15.1 Å². The van der Waals surface area contributed by atoms with Crippen LogP contribution >= 0.6 is 70.4 Å². The molecule has 0 saturated carbocycles. The van der Waals surface area contributed by atoms with Crippen molar-refractivity contribution in [3.05, 3.63) is 295 Å². The lowest BCUT2D eigenvalue weighted by Gasteiger charge is -2.32. The highest BCUT2D eigenvalue weighted by Gasteiger charge is 2.33. The Morgan fingerprint density at radius 1 is 0.521 bits per heavy atom. The molecule has 7 aliphatic rings. The van der Waals surface area contributed by atoms with Gasteiger partial charge in [0.15, 0.2) is 17.7 Å². The number of benzene rings is 5. The maximum Gasteiger partial charge on any atom is 0.339 e. The minimum atomic E-state index is -1.18. The SMILES string of the molecule is C#Cc1ccc2c(c1)C(C)(C)CCS2.C=[N+]1C=C(C#N)C=C[C-]1C#Cc1ccc2c(c1)C(C)(C)CCS2.C=[N+]1C=C(C#N)C=C[C-]1Cl.CC1(C)CCSc2ccc(C#Cc3ccc(C(=O)O)cn3)cc21.CCOC(=O)c1ccc(C#Cc2ccc3c(c2)C(C)(C)CCS3)nc1.C[n+]1cc(C(=O)[O-])ccc1C#Cc1ccc2c(c1)C(C)(C)CCS2. The highest BCUT2D eigenvalue weighted by Crippen LogP contribution is 2.46. The lowest BCUT2D eigenvalue weighted by atomic mass is 9.81. The first-order valence-corrected chi connectivity index (χ1v) is 44.1. The summed E-state index contributed by atoms with van der Waals surface area (Å²) in [5, 5.41) is 37.1. The summed E-state index contributed by atoms with van der Waals surface area (Å²) >= 11 is 15.2. The molecule has 7 aliphatic heterocycles. The first-order chi connectivity index (χ1) is 56.7. The second-order valence-electron chi connectivity index (χ2n) is 31.9. The van der Waals surface area contributed by atoms with Gasteiger partial charge in [0.1, 0.15) is 30.8 Å². The number of nitrogens with zero attached hydrogens (tertiary/aromatic N) is 7. The van der Waals surface area contributed by atoms with E-state index in [1.807, 2.05) is 83.1 Å². The Hall–Kier alpha value is -11.2. The monoisotopic (exact) mass is 1680 g/mol. The maximum atomic E-state index is 11.6. The zero-order chi connectivity index (χ0) is 85.8. The zero-order valence-corrected chi connectivity index (χ0v) is 74.0. The van der Waals surface area contributed by atoms with Gasteiger partial charge in [-0.1, -0.05) is 135 Å². The summed E-state index contributed by atoms with van der Waals surface area (Å²) in [4.78, 5) is 48.5. The third-order valence-electron chi connectivity index (χ3n) is 20.9. The summed E-state index contributed by atoms with van der Waals surface area (Å²) in [6.07, 6.45) is 25.8. The molecule has 10 heterocycles. The lowest BCUT2D eigenvalue weighted by molar-refractivity contribution is -0.674. The number of hydrogen-bond donors (Lipinski definition) is 1. The quantitative estimate of drug-likeness (QED) is 0.0576. The number of carbonyl (C=O) groups excluding carboxylic acids is 2. The fourth-order valence-electron chi connectivity index (χ4n) is 13.2. The van der Waals surface area contributed by atoms with Crippen molar-refractivity contribution in [1.29, 1.82) is 10.5 Å². The third kappa shape index (κ3) is 24.5. The molecule has 0 fully saturated rings. The number of aromatic nitrogens is 3. The van der Waals surface area contributed by atoms with E-state index < -0.39 is 11.9 Å². The van der Waals surface area contributed by atoms with Crippen LogP contribution in [0.15, 0.2) is 218 Å². The molecular weight excluding hydrogens is 1590 g/mol. The Bertz CT molecular complexity index is 5800. The molecule has 8 aromatic rings. The average Bonchev–Trinajstić information content (AvgIpc) is 0.807. The molecule has 0 radical (unpaired) electrons. The van der Waals surface area contributed by atoms with Crippen LogP contribution in [0.5, 0.6) is 0 Å². The molecule has 15 rings (SSSR count). The molecular formula is C100H94ClN7O6S5. The number of carbonyl (C=O) groups is 3. The smallest absolute Gasteiger partial charge is 0.339 e. The van der Waals surface area contributed by atoms with Crippen molar-refractivity contribution in [2.45, 2.75) is 160 Å². The number of thioether (sulfide) groups is 5. The Morgan fingerprint density at radius 2 is 0.891 bits per heavy atom. The van der Waals surface area contributed by atoms with Crippen LogP contribution in [0, 0.1) is 93.9 Å². The molecule has 0 saturated heterocycles. The summed E-state index contributed by atoms with van der Waals surface area (Å²) in [7, 11) is 1.78. The number of carboxylic acid groups (broad SMARTS) is 2. The zero-order valence-electron chi connectivity index (χ0n) is 69.1. The number of rotatable bonds is 4. The Labute approximate surface area is 728 Å². The predicted molar refractivity (Wildman–Crippen MR) is 483 cm³/mol. The molecule has 119 heavy (non-hydrogen) atoms. The van der Waals surface area contributed by atoms with Crippen LogP contribution in [0.3, 0.4) is 0 Å². The highest BCUT2D eigenvalue weighted by molar-refractivity contribution is 8.00. The molecule has 0 atom stereocenters. The van der Waals surface area contributed by atoms with Crippen molar-refractivity contribution >= 4 is 102 Å². The fourth-order valence-corrected chi connectivity index (χ4v) is 20.7. The van der Waals surface area contributed by atoms with Gasteiger partial charge in [-0.3, -0.25) is 9.15 Å². The van der Waals surface area contributed by atoms with Crippen LogP contribution in [-0.2, 0) is 38.9 Å². The van der Waals surface area contributed by atoms with E-state index in [1.165, 1.54) is 137 Å². The van der Waals surface area contributed by atoms with E-state index in [-0.39, 0.29) is 44.2 Å². The number of aryl methyl sites for hydroxylation is 1. The van der Waals surface area contributed by atoms with Crippen LogP contribution in [0.25, 0.3) is 0 Å². The first-order valence-electron chi connectivity index (χ1n) is 38.8. The number of ether oxygens (including phenoxy) is 1. The minimum absolute atomic E-state index is 0.149. The molecule has 19 heteroatoms. The molecule has 0 unspecified atom stereocenters. The number of esters is 1. The van der Waals surface area contributed by atoms with Crippen molar-refractivity contribution in [3.8, 4) is 71.8 Å². The molecule has 0 amide bonds. The molecule has 5 aromatic carbocycles. The molecule has 3 aromatic heterocycles. The molecule has 13 nitrogen and oxygen atoms in total. The van der Waals surface area contributed by atoms with Crippen molar-refractivity contribution in [2.24, 2.45) is 7.05 Å². The summed E-state index contributed by atoms with van der Waals surface area (Å²) in [5.41, 5.74) is 17.3. The number of terminal acetylenes is 1. The predicted octanol–water partition coefficient (Wildman–Crippen LogP) is 19.3. The van der Waals surface area contributed by atoms with Gasteiger partial charge in [0.25, 0.3) is 5.69 Å². The van der Waals surface area contributed by atoms with Crippen LogP contribution in [0.1, 0.15) is 212 Å². The van der Waals surface area contributed by atoms with Crippen molar-refractivity contribution in [1.82, 2.24) is 9.97 Å². The number of nitriles is 2.